The highest BCUT2D eigenvalue weighted by molar-refractivity contribution is 7.92. The molecule has 0 atom stereocenters. The summed E-state index contributed by atoms with van der Waals surface area (Å²) in [7, 11) is -2.36. The smallest absolute Gasteiger partial charge is 0.258 e. The van der Waals surface area contributed by atoms with Crippen molar-refractivity contribution in [2.45, 2.75) is 6.61 Å². The number of rotatable bonds is 8. The van der Waals surface area contributed by atoms with Crippen molar-refractivity contribution in [3.05, 3.63) is 77.2 Å². The summed E-state index contributed by atoms with van der Waals surface area (Å²) >= 11 is 0. The Hall–Kier alpha value is -2.48. The van der Waals surface area contributed by atoms with Gasteiger partial charge in [0.2, 0.25) is 10.0 Å². The van der Waals surface area contributed by atoms with Gasteiger partial charge in [-0.3, -0.25) is 9.63 Å². The van der Waals surface area contributed by atoms with Gasteiger partial charge in [-0.1, -0.05) is 60.7 Å². The van der Waals surface area contributed by atoms with Crippen LogP contribution < -0.4 is 5.48 Å². The summed E-state index contributed by atoms with van der Waals surface area (Å²) in [6.45, 7) is -0.132. The van der Waals surface area contributed by atoms with E-state index in [0.717, 1.165) is 20.8 Å². The standard InChI is InChI=1S/C18H20N2O4S/c1-20(25(22,23)13-12-16-8-4-2-5-9-16)14-18(21)19-24-15-17-10-6-3-7-11-17/h2-13H,14-15H2,1H3,(H,19,21)/b13-12+. The van der Waals surface area contributed by atoms with Crippen LogP contribution in [-0.2, 0) is 26.3 Å². The lowest BCUT2D eigenvalue weighted by Crippen LogP contribution is -2.37. The highest BCUT2D eigenvalue weighted by atomic mass is 32.2. The zero-order valence-electron chi connectivity index (χ0n) is 13.8. The van der Waals surface area contributed by atoms with E-state index in [1.807, 2.05) is 48.5 Å². The van der Waals surface area contributed by atoms with Crippen LogP contribution in [0.2, 0.25) is 0 Å². The Labute approximate surface area is 147 Å². The third-order valence-electron chi connectivity index (χ3n) is 3.30. The second-order valence-corrected chi connectivity index (χ2v) is 7.24. The number of amides is 1. The van der Waals surface area contributed by atoms with Gasteiger partial charge in [-0.05, 0) is 17.2 Å². The Morgan fingerprint density at radius 1 is 1.08 bits per heavy atom. The summed E-state index contributed by atoms with van der Waals surface area (Å²) in [5, 5.41) is 1.07. The molecule has 2 rings (SSSR count). The molecule has 0 radical (unpaired) electrons. The number of carbonyl (C=O) groups excluding carboxylic acids is 1. The van der Waals surface area contributed by atoms with Crippen LogP contribution in [-0.4, -0.2) is 32.2 Å². The maximum Gasteiger partial charge on any atom is 0.258 e. The van der Waals surface area contributed by atoms with Gasteiger partial charge in [-0.2, -0.15) is 4.31 Å². The zero-order chi connectivity index (χ0) is 18.1. The molecular formula is C18H20N2O4S. The van der Waals surface area contributed by atoms with Crippen molar-refractivity contribution in [2.24, 2.45) is 0 Å². The van der Waals surface area contributed by atoms with Gasteiger partial charge < -0.3 is 0 Å². The number of sulfonamides is 1. The minimum Gasteiger partial charge on any atom is -0.271 e. The molecule has 25 heavy (non-hydrogen) atoms. The molecule has 0 heterocycles. The second kappa shape index (κ2) is 9.12. The van der Waals surface area contributed by atoms with E-state index in [1.54, 1.807) is 12.1 Å². The molecule has 0 aliphatic carbocycles. The first-order valence-corrected chi connectivity index (χ1v) is 9.12. The fourth-order valence-corrected chi connectivity index (χ4v) is 2.77. The molecule has 0 saturated carbocycles. The molecule has 1 amide bonds. The summed E-state index contributed by atoms with van der Waals surface area (Å²) < 4.78 is 25.3. The van der Waals surface area contributed by atoms with Crippen molar-refractivity contribution < 1.29 is 18.0 Å². The number of hydrogen-bond acceptors (Lipinski definition) is 4. The van der Waals surface area contributed by atoms with Crippen molar-refractivity contribution in [3.63, 3.8) is 0 Å². The highest BCUT2D eigenvalue weighted by Gasteiger charge is 2.17. The van der Waals surface area contributed by atoms with Crippen molar-refractivity contribution in [3.8, 4) is 0 Å². The average Bonchev–Trinajstić information content (AvgIpc) is 2.62. The molecule has 7 heteroatoms. The molecule has 0 saturated heterocycles. The lowest BCUT2D eigenvalue weighted by molar-refractivity contribution is -0.134. The van der Waals surface area contributed by atoms with E-state index in [4.69, 9.17) is 4.84 Å². The number of likely N-dealkylation sites (N-methyl/N-ethyl adjacent to an activating group) is 1. The van der Waals surface area contributed by atoms with E-state index in [9.17, 15) is 13.2 Å². The van der Waals surface area contributed by atoms with Crippen LogP contribution >= 0.6 is 0 Å². The van der Waals surface area contributed by atoms with Crippen LogP contribution in [0.3, 0.4) is 0 Å². The van der Waals surface area contributed by atoms with Crippen LogP contribution in [0.5, 0.6) is 0 Å². The molecule has 2 aromatic rings. The van der Waals surface area contributed by atoms with Crippen LogP contribution in [0.25, 0.3) is 6.08 Å². The molecule has 0 unspecified atom stereocenters. The van der Waals surface area contributed by atoms with Gasteiger partial charge in [-0.15, -0.1) is 0 Å². The van der Waals surface area contributed by atoms with Gasteiger partial charge in [0.15, 0.2) is 0 Å². The lowest BCUT2D eigenvalue weighted by atomic mass is 10.2. The first-order chi connectivity index (χ1) is 12.0. The Morgan fingerprint density at radius 2 is 1.68 bits per heavy atom. The number of hydrogen-bond donors (Lipinski definition) is 1. The minimum atomic E-state index is -3.69. The van der Waals surface area contributed by atoms with Crippen molar-refractivity contribution in [1.29, 1.82) is 0 Å². The molecule has 0 spiro atoms. The number of hydroxylamine groups is 1. The molecule has 1 N–H and O–H groups in total. The molecule has 2 aromatic carbocycles. The quantitative estimate of drug-likeness (QED) is 0.732. The maximum absolute atomic E-state index is 12.2. The Bertz CT molecular complexity index is 805. The topological polar surface area (TPSA) is 75.7 Å². The van der Waals surface area contributed by atoms with E-state index in [0.29, 0.717) is 0 Å². The third kappa shape index (κ3) is 6.50. The van der Waals surface area contributed by atoms with E-state index < -0.39 is 15.9 Å². The zero-order valence-corrected chi connectivity index (χ0v) is 14.6. The molecular weight excluding hydrogens is 340 g/mol. The second-order valence-electron chi connectivity index (χ2n) is 5.31. The molecule has 0 aliphatic rings. The fraction of sp³-hybridized carbons (Fsp3) is 0.167. The molecule has 0 aromatic heterocycles. The van der Waals surface area contributed by atoms with Crippen LogP contribution in [0, 0.1) is 0 Å². The lowest BCUT2D eigenvalue weighted by Gasteiger charge is -2.14. The number of benzene rings is 2. The van der Waals surface area contributed by atoms with E-state index in [2.05, 4.69) is 5.48 Å². The Balaban J connectivity index is 1.82. The van der Waals surface area contributed by atoms with E-state index in [-0.39, 0.29) is 13.2 Å². The summed E-state index contributed by atoms with van der Waals surface area (Å²) in [5.74, 6) is -0.546. The molecule has 0 fully saturated rings. The largest absolute Gasteiger partial charge is 0.271 e. The van der Waals surface area contributed by atoms with Gasteiger partial charge in [0.05, 0.1) is 13.2 Å². The average molecular weight is 360 g/mol. The predicted molar refractivity (Wildman–Crippen MR) is 96.4 cm³/mol. The maximum atomic E-state index is 12.2. The van der Waals surface area contributed by atoms with Gasteiger partial charge in [0.1, 0.15) is 0 Å². The number of carbonyl (C=O) groups is 1. The van der Waals surface area contributed by atoms with Gasteiger partial charge >= 0.3 is 0 Å². The van der Waals surface area contributed by atoms with Crippen molar-refractivity contribution in [1.82, 2.24) is 9.79 Å². The van der Waals surface area contributed by atoms with E-state index in [1.165, 1.54) is 13.1 Å². The fourth-order valence-electron chi connectivity index (χ4n) is 1.93. The Kier molecular flexibility index (Phi) is 6.88. The molecule has 132 valence electrons. The SMILES string of the molecule is CN(CC(=O)NOCc1ccccc1)S(=O)(=O)/C=C/c1ccccc1. The normalized spacial score (nSPS) is 11.8. The first-order valence-electron chi connectivity index (χ1n) is 7.61. The summed E-state index contributed by atoms with van der Waals surface area (Å²) in [6, 6.07) is 18.4. The van der Waals surface area contributed by atoms with E-state index >= 15 is 0 Å². The van der Waals surface area contributed by atoms with Crippen LogP contribution in [0.4, 0.5) is 0 Å². The third-order valence-corrected chi connectivity index (χ3v) is 4.78. The predicted octanol–water partition coefficient (Wildman–Crippen LogP) is 2.17. The van der Waals surface area contributed by atoms with Gasteiger partial charge in [-0.25, -0.2) is 13.9 Å². The van der Waals surface area contributed by atoms with Crippen LogP contribution in [0.15, 0.2) is 66.1 Å². The van der Waals surface area contributed by atoms with Crippen molar-refractivity contribution >= 4 is 22.0 Å². The minimum absolute atomic E-state index is 0.205. The molecule has 0 aliphatic heterocycles. The van der Waals surface area contributed by atoms with Crippen LogP contribution in [0.1, 0.15) is 11.1 Å². The summed E-state index contributed by atoms with van der Waals surface area (Å²) in [6.07, 6.45) is 1.48. The summed E-state index contributed by atoms with van der Waals surface area (Å²) in [4.78, 5) is 16.9. The van der Waals surface area contributed by atoms with Gasteiger partial charge in [0.25, 0.3) is 5.91 Å². The number of nitrogens with one attached hydrogen (secondary N) is 1. The first kappa shape index (κ1) is 18.9. The molecule has 0 bridgehead atoms. The summed E-state index contributed by atoms with van der Waals surface area (Å²) in [5.41, 5.74) is 3.90. The van der Waals surface area contributed by atoms with Gasteiger partial charge in [0, 0.05) is 12.5 Å². The number of nitrogens with zero attached hydrogens (tertiary/aromatic N) is 1. The monoisotopic (exact) mass is 360 g/mol. The van der Waals surface area contributed by atoms with Crippen molar-refractivity contribution in [2.75, 3.05) is 13.6 Å². The molecule has 6 nitrogen and oxygen atoms in total. The highest BCUT2D eigenvalue weighted by Crippen LogP contribution is 2.06. The Morgan fingerprint density at radius 3 is 2.32 bits per heavy atom.